The first-order chi connectivity index (χ1) is 15.6. The van der Waals surface area contributed by atoms with Crippen molar-refractivity contribution in [3.63, 3.8) is 0 Å². The molecule has 0 aliphatic carbocycles. The van der Waals surface area contributed by atoms with Crippen molar-refractivity contribution in [2.45, 2.75) is 31.3 Å². The second-order valence-corrected chi connectivity index (χ2v) is 8.71. The van der Waals surface area contributed by atoms with Crippen molar-refractivity contribution in [3.8, 4) is 0 Å². The Labute approximate surface area is 189 Å². The second kappa shape index (κ2) is 10.2. The van der Waals surface area contributed by atoms with Crippen LogP contribution in [0.25, 0.3) is 0 Å². The van der Waals surface area contributed by atoms with Gasteiger partial charge in [-0.1, -0.05) is 72.8 Å². The lowest BCUT2D eigenvalue weighted by Crippen LogP contribution is -2.53. The Kier molecular flexibility index (Phi) is 7.13. The zero-order valence-electron chi connectivity index (χ0n) is 18.3. The van der Waals surface area contributed by atoms with Crippen molar-refractivity contribution < 1.29 is 14.3 Å². The highest BCUT2D eigenvalue weighted by atomic mass is 19.1. The van der Waals surface area contributed by atoms with Crippen LogP contribution in [0.3, 0.4) is 0 Å². The van der Waals surface area contributed by atoms with Crippen molar-refractivity contribution in [1.29, 1.82) is 0 Å². The van der Waals surface area contributed by atoms with Gasteiger partial charge in [0, 0.05) is 18.7 Å². The maximum absolute atomic E-state index is 13.5. The van der Waals surface area contributed by atoms with Gasteiger partial charge in [0.1, 0.15) is 11.4 Å². The fourth-order valence-electron chi connectivity index (χ4n) is 4.70. The van der Waals surface area contributed by atoms with E-state index in [2.05, 4.69) is 4.90 Å². The average Bonchev–Trinajstić information content (AvgIpc) is 2.84. The number of likely N-dealkylation sites (tertiary alicyclic amines) is 1. The molecule has 32 heavy (non-hydrogen) atoms. The molecular weight excluding hydrogens is 401 g/mol. The van der Waals surface area contributed by atoms with Crippen LogP contribution in [-0.2, 0) is 12.0 Å². The average molecular weight is 432 g/mol. The van der Waals surface area contributed by atoms with Gasteiger partial charge < -0.3 is 10.0 Å². The standard InChI is InChI=1S/C28H30FNO2/c29-25-16-14-22(15-17-25)9-7-8-19-30-20-18-28(32,24-12-5-2-6-13-24)26(21-30)27(31)23-10-3-1-4-11-23/h1-6,10-17,26,32H,7-9,18-21H2/t26-,28+/m1/s1. The van der Waals surface area contributed by atoms with Crippen LogP contribution in [0.5, 0.6) is 0 Å². The van der Waals surface area contributed by atoms with Crippen molar-refractivity contribution >= 4 is 5.78 Å². The Balaban J connectivity index is 1.43. The van der Waals surface area contributed by atoms with Crippen LogP contribution in [0.1, 0.15) is 40.7 Å². The first kappa shape index (κ1) is 22.4. The molecule has 0 bridgehead atoms. The maximum atomic E-state index is 13.5. The van der Waals surface area contributed by atoms with Gasteiger partial charge in [-0.3, -0.25) is 4.79 Å². The quantitative estimate of drug-likeness (QED) is 0.392. The van der Waals surface area contributed by atoms with E-state index in [1.165, 1.54) is 12.1 Å². The molecule has 2 atom stereocenters. The molecule has 0 radical (unpaired) electrons. The largest absolute Gasteiger partial charge is 0.384 e. The van der Waals surface area contributed by atoms with Gasteiger partial charge in [-0.15, -0.1) is 0 Å². The number of halogens is 1. The topological polar surface area (TPSA) is 40.5 Å². The summed E-state index contributed by atoms with van der Waals surface area (Å²) in [5.41, 5.74) is 1.43. The summed E-state index contributed by atoms with van der Waals surface area (Å²) in [6.07, 6.45) is 3.43. The number of unbranched alkanes of at least 4 members (excludes halogenated alkanes) is 1. The Morgan fingerprint density at radius 3 is 2.28 bits per heavy atom. The van der Waals surface area contributed by atoms with Crippen LogP contribution in [0.4, 0.5) is 4.39 Å². The predicted molar refractivity (Wildman–Crippen MR) is 125 cm³/mol. The van der Waals surface area contributed by atoms with Crippen LogP contribution in [0.2, 0.25) is 0 Å². The molecule has 3 nitrogen and oxygen atoms in total. The van der Waals surface area contributed by atoms with Crippen LogP contribution < -0.4 is 0 Å². The van der Waals surface area contributed by atoms with Crippen molar-refractivity contribution in [1.82, 2.24) is 4.90 Å². The highest BCUT2D eigenvalue weighted by Gasteiger charge is 2.46. The Hall–Kier alpha value is -2.82. The van der Waals surface area contributed by atoms with E-state index in [0.717, 1.165) is 43.5 Å². The third-order valence-electron chi connectivity index (χ3n) is 6.58. The highest BCUT2D eigenvalue weighted by molar-refractivity contribution is 5.99. The van der Waals surface area contributed by atoms with E-state index in [4.69, 9.17) is 0 Å². The molecule has 0 aromatic heterocycles. The normalized spacial score (nSPS) is 21.4. The third kappa shape index (κ3) is 5.14. The minimum absolute atomic E-state index is 0.00651. The number of nitrogens with zero attached hydrogens (tertiary/aromatic N) is 1. The summed E-state index contributed by atoms with van der Waals surface area (Å²) in [5, 5.41) is 11.7. The van der Waals surface area contributed by atoms with Crippen LogP contribution in [-0.4, -0.2) is 35.4 Å². The van der Waals surface area contributed by atoms with Gasteiger partial charge >= 0.3 is 0 Å². The molecule has 3 aromatic rings. The molecule has 1 aliphatic heterocycles. The van der Waals surface area contributed by atoms with Gasteiger partial charge in [-0.2, -0.15) is 0 Å². The number of hydrogen-bond donors (Lipinski definition) is 1. The fraction of sp³-hybridized carbons (Fsp3) is 0.321. The lowest BCUT2D eigenvalue weighted by Gasteiger charge is -2.44. The molecule has 0 unspecified atom stereocenters. The number of carbonyl (C=O) groups excluding carboxylic acids is 1. The van der Waals surface area contributed by atoms with Crippen molar-refractivity contribution in [3.05, 3.63) is 107 Å². The van der Waals surface area contributed by atoms with Gasteiger partial charge in [0.15, 0.2) is 5.78 Å². The molecule has 0 spiro atoms. The minimum Gasteiger partial charge on any atom is -0.384 e. The number of ketones is 1. The Morgan fingerprint density at radius 2 is 1.59 bits per heavy atom. The third-order valence-corrected chi connectivity index (χ3v) is 6.58. The monoisotopic (exact) mass is 431 g/mol. The smallest absolute Gasteiger partial charge is 0.170 e. The molecule has 1 heterocycles. The molecule has 3 aromatic carbocycles. The molecule has 0 saturated carbocycles. The summed E-state index contributed by atoms with van der Waals surface area (Å²) in [7, 11) is 0. The number of aliphatic hydroxyl groups is 1. The van der Waals surface area contributed by atoms with E-state index in [1.54, 1.807) is 0 Å². The number of rotatable bonds is 8. The van der Waals surface area contributed by atoms with E-state index < -0.39 is 11.5 Å². The summed E-state index contributed by atoms with van der Waals surface area (Å²) in [5.74, 6) is -0.729. The molecule has 1 saturated heterocycles. The van der Waals surface area contributed by atoms with Crippen LogP contribution in [0.15, 0.2) is 84.9 Å². The van der Waals surface area contributed by atoms with Crippen LogP contribution in [0, 0.1) is 11.7 Å². The number of piperidine rings is 1. The number of aryl methyl sites for hydroxylation is 1. The highest BCUT2D eigenvalue weighted by Crippen LogP contribution is 2.39. The minimum atomic E-state index is -1.17. The van der Waals surface area contributed by atoms with Gasteiger partial charge in [0.25, 0.3) is 0 Å². The van der Waals surface area contributed by atoms with E-state index in [-0.39, 0.29) is 11.6 Å². The number of benzene rings is 3. The molecule has 0 amide bonds. The zero-order chi connectivity index (χ0) is 22.4. The zero-order valence-corrected chi connectivity index (χ0v) is 18.3. The molecule has 1 aliphatic rings. The number of carbonyl (C=O) groups is 1. The second-order valence-electron chi connectivity index (χ2n) is 8.71. The molecule has 4 rings (SSSR count). The Morgan fingerprint density at radius 1 is 0.938 bits per heavy atom. The molecular formula is C28H30FNO2. The summed E-state index contributed by atoms with van der Waals surface area (Å²) in [6.45, 7) is 2.17. The van der Waals surface area contributed by atoms with Gasteiger partial charge in [-0.05, 0) is 55.5 Å². The first-order valence-corrected chi connectivity index (χ1v) is 11.4. The van der Waals surface area contributed by atoms with Gasteiger partial charge in [0.05, 0.1) is 5.92 Å². The van der Waals surface area contributed by atoms with E-state index in [1.807, 2.05) is 72.8 Å². The molecule has 1 fully saturated rings. The van der Waals surface area contributed by atoms with E-state index >= 15 is 0 Å². The van der Waals surface area contributed by atoms with E-state index in [9.17, 15) is 14.3 Å². The lowest BCUT2D eigenvalue weighted by atomic mass is 9.72. The predicted octanol–water partition coefficient (Wildman–Crippen LogP) is 5.24. The summed E-state index contributed by atoms with van der Waals surface area (Å²) in [4.78, 5) is 15.8. The Bertz CT molecular complexity index is 1010. The number of Topliss-reactive ketones (excluding diaryl/α,β-unsaturated/α-hetero) is 1. The first-order valence-electron chi connectivity index (χ1n) is 11.4. The molecule has 166 valence electrons. The molecule has 4 heteroatoms. The van der Waals surface area contributed by atoms with Crippen molar-refractivity contribution in [2.24, 2.45) is 5.92 Å². The number of hydrogen-bond acceptors (Lipinski definition) is 3. The van der Waals surface area contributed by atoms with Gasteiger partial charge in [-0.25, -0.2) is 4.39 Å². The fourth-order valence-corrected chi connectivity index (χ4v) is 4.70. The van der Waals surface area contributed by atoms with E-state index in [0.29, 0.717) is 18.5 Å². The maximum Gasteiger partial charge on any atom is 0.170 e. The van der Waals surface area contributed by atoms with Crippen LogP contribution >= 0.6 is 0 Å². The molecule has 1 N–H and O–H groups in total. The summed E-state index contributed by atoms with van der Waals surface area (Å²) < 4.78 is 13.1. The SMILES string of the molecule is O=C(c1ccccc1)[C@H]1CN(CCCCc2ccc(F)cc2)CC[C@]1(O)c1ccccc1. The summed E-state index contributed by atoms with van der Waals surface area (Å²) in [6, 6.07) is 25.6. The summed E-state index contributed by atoms with van der Waals surface area (Å²) >= 11 is 0. The van der Waals surface area contributed by atoms with Gasteiger partial charge in [0.2, 0.25) is 0 Å². The van der Waals surface area contributed by atoms with Crippen molar-refractivity contribution in [2.75, 3.05) is 19.6 Å². The lowest BCUT2D eigenvalue weighted by molar-refractivity contribution is -0.0643.